The summed E-state index contributed by atoms with van der Waals surface area (Å²) in [6, 6.07) is 6.57. The molecule has 140 valence electrons. The van der Waals surface area contributed by atoms with E-state index in [-0.39, 0.29) is 10.8 Å². The highest BCUT2D eigenvalue weighted by atomic mass is 32.2. The maximum absolute atomic E-state index is 12.7. The van der Waals surface area contributed by atoms with Crippen molar-refractivity contribution in [3.8, 4) is 0 Å². The number of piperidine rings is 1. The van der Waals surface area contributed by atoms with Crippen molar-refractivity contribution in [2.75, 3.05) is 17.8 Å². The summed E-state index contributed by atoms with van der Waals surface area (Å²) in [4.78, 5) is 14.5. The third-order valence-electron chi connectivity index (χ3n) is 4.74. The summed E-state index contributed by atoms with van der Waals surface area (Å²) in [5, 5.41) is 4.15. The van der Waals surface area contributed by atoms with Gasteiger partial charge in [0.25, 0.3) is 15.9 Å². The Balaban J connectivity index is 1.77. The van der Waals surface area contributed by atoms with Gasteiger partial charge in [-0.25, -0.2) is 8.42 Å². The van der Waals surface area contributed by atoms with Gasteiger partial charge in [-0.1, -0.05) is 0 Å². The van der Waals surface area contributed by atoms with Crippen LogP contribution in [0.25, 0.3) is 0 Å². The molecule has 2 heterocycles. The van der Waals surface area contributed by atoms with E-state index in [1.54, 1.807) is 49.8 Å². The first-order valence-electron chi connectivity index (χ1n) is 8.72. The minimum absolute atomic E-state index is 0.00180. The van der Waals surface area contributed by atoms with Crippen LogP contribution in [0.15, 0.2) is 29.2 Å². The number of hydrogen-bond acceptors (Lipinski definition) is 4. The number of rotatable bonds is 4. The Morgan fingerprint density at radius 1 is 1.08 bits per heavy atom. The number of anilines is 1. The SMILES string of the molecule is Cc1nn(C)c(C)c1S(=O)(=O)Nc1ccc(C(=O)N2CCCCC2)cc1. The zero-order valence-corrected chi connectivity index (χ0v) is 16.1. The fourth-order valence-corrected chi connectivity index (χ4v) is 4.81. The van der Waals surface area contributed by atoms with Gasteiger partial charge in [-0.05, 0) is 57.4 Å². The van der Waals surface area contributed by atoms with E-state index in [1.807, 2.05) is 4.90 Å². The largest absolute Gasteiger partial charge is 0.339 e. The number of nitrogens with zero attached hydrogens (tertiary/aromatic N) is 3. The van der Waals surface area contributed by atoms with Crippen molar-refractivity contribution in [1.29, 1.82) is 0 Å². The number of amides is 1. The summed E-state index contributed by atoms with van der Waals surface area (Å²) >= 11 is 0. The second kappa shape index (κ2) is 7.11. The van der Waals surface area contributed by atoms with Gasteiger partial charge in [0.05, 0.1) is 11.4 Å². The van der Waals surface area contributed by atoms with E-state index in [0.29, 0.717) is 22.6 Å². The quantitative estimate of drug-likeness (QED) is 0.888. The first-order chi connectivity index (χ1) is 12.3. The molecule has 1 fully saturated rings. The molecule has 0 unspecified atom stereocenters. The van der Waals surface area contributed by atoms with E-state index in [2.05, 4.69) is 9.82 Å². The van der Waals surface area contributed by atoms with Crippen LogP contribution in [0, 0.1) is 13.8 Å². The average Bonchev–Trinajstić information content (AvgIpc) is 2.88. The molecule has 0 radical (unpaired) electrons. The van der Waals surface area contributed by atoms with Crippen LogP contribution in [0.3, 0.4) is 0 Å². The van der Waals surface area contributed by atoms with Crippen LogP contribution in [0.1, 0.15) is 41.0 Å². The fraction of sp³-hybridized carbons (Fsp3) is 0.444. The summed E-state index contributed by atoms with van der Waals surface area (Å²) < 4.78 is 29.5. The molecule has 8 heteroatoms. The smallest absolute Gasteiger partial charge is 0.265 e. The van der Waals surface area contributed by atoms with E-state index in [1.165, 1.54) is 0 Å². The lowest BCUT2D eigenvalue weighted by Gasteiger charge is -2.26. The Hall–Kier alpha value is -2.35. The molecule has 0 atom stereocenters. The molecular weight excluding hydrogens is 352 g/mol. The van der Waals surface area contributed by atoms with Crippen molar-refractivity contribution < 1.29 is 13.2 Å². The van der Waals surface area contributed by atoms with Gasteiger partial charge >= 0.3 is 0 Å². The highest BCUT2D eigenvalue weighted by Crippen LogP contribution is 2.23. The molecule has 0 spiro atoms. The lowest BCUT2D eigenvalue weighted by molar-refractivity contribution is 0.0724. The number of nitrogens with one attached hydrogen (secondary N) is 1. The number of benzene rings is 1. The zero-order valence-electron chi connectivity index (χ0n) is 15.3. The predicted octanol–water partition coefficient (Wildman–Crippen LogP) is 2.46. The molecule has 1 saturated heterocycles. The average molecular weight is 376 g/mol. The number of hydrogen-bond donors (Lipinski definition) is 1. The van der Waals surface area contributed by atoms with Crippen LogP contribution < -0.4 is 4.72 Å². The minimum Gasteiger partial charge on any atom is -0.339 e. The zero-order chi connectivity index (χ0) is 18.9. The Bertz CT molecular complexity index is 911. The van der Waals surface area contributed by atoms with Crippen molar-refractivity contribution in [2.45, 2.75) is 38.0 Å². The van der Waals surface area contributed by atoms with E-state index in [4.69, 9.17) is 0 Å². The topological polar surface area (TPSA) is 84.3 Å². The molecule has 0 aliphatic carbocycles. The molecule has 0 saturated carbocycles. The second-order valence-electron chi connectivity index (χ2n) is 6.66. The van der Waals surface area contributed by atoms with Crippen LogP contribution in [0.5, 0.6) is 0 Å². The molecule has 0 bridgehead atoms. The third-order valence-corrected chi connectivity index (χ3v) is 6.37. The first-order valence-corrected chi connectivity index (χ1v) is 10.2. The summed E-state index contributed by atoms with van der Waals surface area (Å²) in [5.74, 6) is -0.00180. The van der Waals surface area contributed by atoms with Gasteiger partial charge in [0.2, 0.25) is 0 Å². The van der Waals surface area contributed by atoms with Crippen molar-refractivity contribution in [2.24, 2.45) is 7.05 Å². The van der Waals surface area contributed by atoms with Crippen LogP contribution in [-0.4, -0.2) is 42.1 Å². The molecule has 3 rings (SSSR count). The lowest BCUT2D eigenvalue weighted by atomic mass is 10.1. The fourth-order valence-electron chi connectivity index (χ4n) is 3.31. The first kappa shape index (κ1) is 18.4. The molecule has 1 aliphatic rings. The van der Waals surface area contributed by atoms with E-state index >= 15 is 0 Å². The van der Waals surface area contributed by atoms with Gasteiger partial charge in [-0.15, -0.1) is 0 Å². The molecule has 1 amide bonds. The number of aromatic nitrogens is 2. The van der Waals surface area contributed by atoms with Crippen LogP contribution in [0.4, 0.5) is 5.69 Å². The normalized spacial score (nSPS) is 15.1. The van der Waals surface area contributed by atoms with Crippen LogP contribution in [0.2, 0.25) is 0 Å². The summed E-state index contributed by atoms with van der Waals surface area (Å²) in [6.07, 6.45) is 3.23. The summed E-state index contributed by atoms with van der Waals surface area (Å²) in [6.45, 7) is 4.95. The number of aryl methyl sites for hydroxylation is 2. The molecule has 1 aromatic heterocycles. The molecular formula is C18H24N4O3S. The molecule has 26 heavy (non-hydrogen) atoms. The van der Waals surface area contributed by atoms with Gasteiger partial charge < -0.3 is 4.90 Å². The number of sulfonamides is 1. The van der Waals surface area contributed by atoms with E-state index in [9.17, 15) is 13.2 Å². The Kier molecular flexibility index (Phi) is 5.04. The summed E-state index contributed by atoms with van der Waals surface area (Å²) in [5.41, 5.74) is 2.02. The molecule has 1 aliphatic heterocycles. The Morgan fingerprint density at radius 3 is 2.23 bits per heavy atom. The molecule has 1 N–H and O–H groups in total. The third kappa shape index (κ3) is 3.60. The number of carbonyl (C=O) groups excluding carboxylic acids is 1. The standard InChI is InChI=1S/C18H24N4O3S/c1-13-17(14(2)21(3)19-13)26(24,25)20-16-9-7-15(8-10-16)18(23)22-11-5-4-6-12-22/h7-10,20H,4-6,11-12H2,1-3H3. The van der Waals surface area contributed by atoms with E-state index < -0.39 is 10.0 Å². The van der Waals surface area contributed by atoms with Gasteiger partial charge in [0, 0.05) is 31.4 Å². The monoisotopic (exact) mass is 376 g/mol. The molecule has 2 aromatic rings. The minimum atomic E-state index is -3.74. The van der Waals surface area contributed by atoms with Crippen molar-refractivity contribution in [3.63, 3.8) is 0 Å². The highest BCUT2D eigenvalue weighted by molar-refractivity contribution is 7.92. The predicted molar refractivity (Wildman–Crippen MR) is 99.7 cm³/mol. The lowest BCUT2D eigenvalue weighted by Crippen LogP contribution is -2.35. The van der Waals surface area contributed by atoms with Crippen LogP contribution in [-0.2, 0) is 17.1 Å². The van der Waals surface area contributed by atoms with Gasteiger partial charge in [-0.2, -0.15) is 5.10 Å². The maximum atomic E-state index is 12.7. The molecule has 7 nitrogen and oxygen atoms in total. The Labute approximate surface area is 154 Å². The van der Waals surface area contributed by atoms with Crippen molar-refractivity contribution in [3.05, 3.63) is 41.2 Å². The van der Waals surface area contributed by atoms with Gasteiger partial charge in [-0.3, -0.25) is 14.2 Å². The second-order valence-corrected chi connectivity index (χ2v) is 8.28. The maximum Gasteiger partial charge on any atom is 0.265 e. The van der Waals surface area contributed by atoms with Crippen LogP contribution >= 0.6 is 0 Å². The van der Waals surface area contributed by atoms with Gasteiger partial charge in [0.15, 0.2) is 0 Å². The molecule has 1 aromatic carbocycles. The number of carbonyl (C=O) groups is 1. The number of likely N-dealkylation sites (tertiary alicyclic amines) is 1. The highest BCUT2D eigenvalue weighted by Gasteiger charge is 2.24. The van der Waals surface area contributed by atoms with Crippen molar-refractivity contribution >= 4 is 21.6 Å². The Morgan fingerprint density at radius 2 is 1.69 bits per heavy atom. The van der Waals surface area contributed by atoms with Gasteiger partial charge in [0.1, 0.15) is 4.90 Å². The van der Waals surface area contributed by atoms with Crippen molar-refractivity contribution in [1.82, 2.24) is 14.7 Å². The summed E-state index contributed by atoms with van der Waals surface area (Å²) in [7, 11) is -2.03. The van der Waals surface area contributed by atoms with E-state index in [0.717, 1.165) is 32.4 Å².